The van der Waals surface area contributed by atoms with Crippen molar-refractivity contribution < 1.29 is 4.79 Å². The molecule has 0 aromatic carbocycles. The molecule has 2 unspecified atom stereocenters. The Kier molecular flexibility index (Phi) is 6.36. The van der Waals surface area contributed by atoms with Crippen molar-refractivity contribution in [2.45, 2.75) is 50.8 Å². The van der Waals surface area contributed by atoms with Gasteiger partial charge in [-0.2, -0.15) is 11.8 Å². The fraction of sp³-hybridized carbons (Fsp3) is 0.625. The fourth-order valence-corrected chi connectivity index (χ4v) is 3.85. The average molecular weight is 307 g/mol. The lowest BCUT2D eigenvalue weighted by Gasteiger charge is -2.20. The van der Waals surface area contributed by atoms with Crippen LogP contribution < -0.4 is 10.6 Å². The number of anilines is 1. The summed E-state index contributed by atoms with van der Waals surface area (Å²) in [4.78, 5) is 16.2. The minimum Gasteiger partial charge on any atom is -0.366 e. The lowest BCUT2D eigenvalue weighted by molar-refractivity contribution is 0.0953. The molecule has 4 nitrogen and oxygen atoms in total. The highest BCUT2D eigenvalue weighted by molar-refractivity contribution is 7.99. The van der Waals surface area contributed by atoms with Gasteiger partial charge in [0.1, 0.15) is 5.82 Å². The Labute approximate surface area is 131 Å². The molecule has 1 aromatic rings. The lowest BCUT2D eigenvalue weighted by atomic mass is 10.2. The molecule has 2 rings (SSSR count). The summed E-state index contributed by atoms with van der Waals surface area (Å²) in [6.45, 7) is 4.96. The third kappa shape index (κ3) is 4.63. The predicted molar refractivity (Wildman–Crippen MR) is 90.0 cm³/mol. The number of amides is 1. The SMILES string of the molecule is CCCNC(=O)c1ccc(NC2CCCC2SCC)nc1. The number of carbonyl (C=O) groups is 1. The summed E-state index contributed by atoms with van der Waals surface area (Å²) in [5.74, 6) is 1.99. The van der Waals surface area contributed by atoms with Crippen LogP contribution in [0, 0.1) is 0 Å². The maximum absolute atomic E-state index is 11.8. The molecule has 21 heavy (non-hydrogen) atoms. The number of carbonyl (C=O) groups excluding carboxylic acids is 1. The quantitative estimate of drug-likeness (QED) is 0.811. The zero-order valence-electron chi connectivity index (χ0n) is 12.9. The van der Waals surface area contributed by atoms with Gasteiger partial charge in [-0.3, -0.25) is 4.79 Å². The average Bonchev–Trinajstić information content (AvgIpc) is 2.93. The molecule has 1 aromatic heterocycles. The zero-order chi connectivity index (χ0) is 15.1. The Hall–Kier alpha value is -1.23. The standard InChI is InChI=1S/C16H25N3OS/c1-3-10-17-16(20)12-8-9-15(18-11-12)19-13-6-5-7-14(13)21-4-2/h8-9,11,13-14H,3-7,10H2,1-2H3,(H,17,20)(H,18,19). The molecule has 1 fully saturated rings. The van der Waals surface area contributed by atoms with Gasteiger partial charge in [0.05, 0.1) is 5.56 Å². The maximum Gasteiger partial charge on any atom is 0.252 e. The van der Waals surface area contributed by atoms with Crippen molar-refractivity contribution in [3.63, 3.8) is 0 Å². The number of aromatic nitrogens is 1. The highest BCUT2D eigenvalue weighted by Gasteiger charge is 2.27. The van der Waals surface area contributed by atoms with Gasteiger partial charge in [0.25, 0.3) is 5.91 Å². The Morgan fingerprint density at radius 3 is 2.90 bits per heavy atom. The molecule has 1 aliphatic rings. The van der Waals surface area contributed by atoms with Gasteiger partial charge >= 0.3 is 0 Å². The molecule has 0 saturated heterocycles. The number of nitrogens with one attached hydrogen (secondary N) is 2. The van der Waals surface area contributed by atoms with E-state index in [2.05, 4.69) is 22.5 Å². The van der Waals surface area contributed by atoms with E-state index in [1.807, 2.05) is 30.8 Å². The first kappa shape index (κ1) is 16.1. The Morgan fingerprint density at radius 2 is 2.24 bits per heavy atom. The summed E-state index contributed by atoms with van der Waals surface area (Å²) in [7, 11) is 0. The van der Waals surface area contributed by atoms with Gasteiger partial charge in [-0.25, -0.2) is 4.98 Å². The second-order valence-electron chi connectivity index (χ2n) is 5.36. The molecule has 2 atom stereocenters. The van der Waals surface area contributed by atoms with Crippen LogP contribution in [0.15, 0.2) is 18.3 Å². The summed E-state index contributed by atoms with van der Waals surface area (Å²) in [5.41, 5.74) is 0.625. The first-order valence-electron chi connectivity index (χ1n) is 7.87. The Morgan fingerprint density at radius 1 is 1.38 bits per heavy atom. The van der Waals surface area contributed by atoms with Crippen LogP contribution in [0.3, 0.4) is 0 Å². The van der Waals surface area contributed by atoms with E-state index in [4.69, 9.17) is 0 Å². The summed E-state index contributed by atoms with van der Waals surface area (Å²) < 4.78 is 0. The summed E-state index contributed by atoms with van der Waals surface area (Å²) in [6, 6.07) is 4.26. The van der Waals surface area contributed by atoms with Crippen LogP contribution in [-0.2, 0) is 0 Å². The molecular formula is C16H25N3OS. The molecule has 1 heterocycles. The molecule has 0 aliphatic heterocycles. The Bertz CT molecular complexity index is 449. The van der Waals surface area contributed by atoms with Crippen molar-refractivity contribution in [1.29, 1.82) is 0 Å². The van der Waals surface area contributed by atoms with Crippen molar-refractivity contribution >= 4 is 23.5 Å². The number of thioether (sulfide) groups is 1. The minimum absolute atomic E-state index is 0.0452. The van der Waals surface area contributed by atoms with Crippen LogP contribution >= 0.6 is 11.8 Å². The van der Waals surface area contributed by atoms with E-state index >= 15 is 0 Å². The topological polar surface area (TPSA) is 54.0 Å². The molecule has 0 radical (unpaired) electrons. The molecule has 1 amide bonds. The molecule has 2 N–H and O–H groups in total. The maximum atomic E-state index is 11.8. The highest BCUT2D eigenvalue weighted by atomic mass is 32.2. The fourth-order valence-electron chi connectivity index (χ4n) is 2.65. The molecule has 116 valence electrons. The van der Waals surface area contributed by atoms with Crippen molar-refractivity contribution in [1.82, 2.24) is 10.3 Å². The van der Waals surface area contributed by atoms with Gasteiger partial charge in [-0.1, -0.05) is 20.3 Å². The minimum atomic E-state index is -0.0452. The zero-order valence-corrected chi connectivity index (χ0v) is 13.7. The van der Waals surface area contributed by atoms with Gasteiger partial charge in [-0.05, 0) is 37.1 Å². The van der Waals surface area contributed by atoms with E-state index in [9.17, 15) is 4.79 Å². The number of pyridine rings is 1. The van der Waals surface area contributed by atoms with Crippen molar-refractivity contribution in [3.8, 4) is 0 Å². The molecule has 0 spiro atoms. The second kappa shape index (κ2) is 8.27. The molecule has 1 saturated carbocycles. The highest BCUT2D eigenvalue weighted by Crippen LogP contribution is 2.31. The van der Waals surface area contributed by atoms with Gasteiger partial charge in [0.2, 0.25) is 0 Å². The van der Waals surface area contributed by atoms with Gasteiger partial charge < -0.3 is 10.6 Å². The number of rotatable bonds is 7. The molecule has 5 heteroatoms. The van der Waals surface area contributed by atoms with Crippen LogP contribution in [0.2, 0.25) is 0 Å². The van der Waals surface area contributed by atoms with Crippen molar-refractivity contribution in [3.05, 3.63) is 23.9 Å². The third-order valence-electron chi connectivity index (χ3n) is 3.73. The predicted octanol–water partition coefficient (Wildman–Crippen LogP) is 3.31. The van der Waals surface area contributed by atoms with Crippen LogP contribution in [0.4, 0.5) is 5.82 Å². The third-order valence-corrected chi connectivity index (χ3v) is 5.05. The summed E-state index contributed by atoms with van der Waals surface area (Å²) in [6.07, 6.45) is 6.37. The van der Waals surface area contributed by atoms with Crippen LogP contribution in [0.25, 0.3) is 0 Å². The van der Waals surface area contributed by atoms with Gasteiger partial charge in [0, 0.05) is 24.0 Å². The van der Waals surface area contributed by atoms with E-state index in [0.717, 1.165) is 18.0 Å². The van der Waals surface area contributed by atoms with Gasteiger partial charge in [-0.15, -0.1) is 0 Å². The van der Waals surface area contributed by atoms with Crippen LogP contribution in [-0.4, -0.2) is 34.5 Å². The van der Waals surface area contributed by atoms with E-state index in [-0.39, 0.29) is 5.91 Å². The van der Waals surface area contributed by atoms with Gasteiger partial charge in [0.15, 0.2) is 0 Å². The Balaban J connectivity index is 1.91. The van der Waals surface area contributed by atoms with E-state index in [0.29, 0.717) is 23.4 Å². The van der Waals surface area contributed by atoms with E-state index in [1.165, 1.54) is 19.3 Å². The number of hydrogen-bond acceptors (Lipinski definition) is 4. The van der Waals surface area contributed by atoms with Crippen molar-refractivity contribution in [2.75, 3.05) is 17.6 Å². The molecule has 0 bridgehead atoms. The molecule has 1 aliphatic carbocycles. The first-order chi connectivity index (χ1) is 10.2. The van der Waals surface area contributed by atoms with Crippen LogP contribution in [0.5, 0.6) is 0 Å². The second-order valence-corrected chi connectivity index (χ2v) is 6.88. The lowest BCUT2D eigenvalue weighted by Crippen LogP contribution is -2.27. The first-order valence-corrected chi connectivity index (χ1v) is 8.91. The normalized spacial score (nSPS) is 21.2. The monoisotopic (exact) mass is 307 g/mol. The molecular weight excluding hydrogens is 282 g/mol. The van der Waals surface area contributed by atoms with Crippen LogP contribution in [0.1, 0.15) is 49.9 Å². The smallest absolute Gasteiger partial charge is 0.252 e. The number of hydrogen-bond donors (Lipinski definition) is 2. The largest absolute Gasteiger partial charge is 0.366 e. The summed E-state index contributed by atoms with van der Waals surface area (Å²) >= 11 is 2.03. The summed E-state index contributed by atoms with van der Waals surface area (Å²) in [5, 5.41) is 7.07. The van der Waals surface area contributed by atoms with E-state index in [1.54, 1.807) is 6.20 Å². The van der Waals surface area contributed by atoms with E-state index < -0.39 is 0 Å². The van der Waals surface area contributed by atoms with Crippen molar-refractivity contribution in [2.24, 2.45) is 0 Å². The number of nitrogens with zero attached hydrogens (tertiary/aromatic N) is 1.